The second-order valence-corrected chi connectivity index (χ2v) is 1.22. The van der Waals surface area contributed by atoms with Gasteiger partial charge in [0.2, 0.25) is 0 Å². The summed E-state index contributed by atoms with van der Waals surface area (Å²) >= 11 is 0. The van der Waals surface area contributed by atoms with Gasteiger partial charge in [0.1, 0.15) is 0 Å². The van der Waals surface area contributed by atoms with Crippen molar-refractivity contribution in [2.24, 2.45) is 0 Å². The molecule has 0 spiro atoms. The molecule has 0 aromatic heterocycles. The molecule has 0 aromatic carbocycles. The zero-order valence-electron chi connectivity index (χ0n) is 7.04. The van der Waals surface area contributed by atoms with E-state index in [1.807, 2.05) is 0 Å². The summed E-state index contributed by atoms with van der Waals surface area (Å²) in [5, 5.41) is 0. The summed E-state index contributed by atoms with van der Waals surface area (Å²) in [6.45, 7) is 0. The average Bonchev–Trinajstić information content (AvgIpc) is 0.722. The molecular weight excluding hydrogens is 238 g/mol. The quantitative estimate of drug-likeness (QED) is 0.229. The molecule has 0 unspecified atom stereocenters. The molecular formula is H12Na2O10S. The van der Waals surface area contributed by atoms with Crippen LogP contribution in [0.3, 0.4) is 0 Å². The zero-order chi connectivity index (χ0) is 4.50. The van der Waals surface area contributed by atoms with E-state index in [-0.39, 0.29) is 92.0 Å². The molecule has 10 nitrogen and oxygen atoms in total. The summed E-state index contributed by atoms with van der Waals surface area (Å²) in [6, 6.07) is 0. The summed E-state index contributed by atoms with van der Waals surface area (Å²) < 4.78 is 34.1. The van der Waals surface area contributed by atoms with E-state index in [1.54, 1.807) is 0 Å². The fourth-order valence-corrected chi connectivity index (χ4v) is 0. The maximum atomic E-state index is 8.52. The Kier molecular flexibility index (Phi) is 246. The van der Waals surface area contributed by atoms with E-state index in [9.17, 15) is 0 Å². The topological polar surface area (TPSA) is 269 Å². The van der Waals surface area contributed by atoms with E-state index >= 15 is 0 Å². The molecule has 0 aliphatic rings. The Bertz CT molecular complexity index is 96.1. The minimum absolute atomic E-state index is 0. The van der Waals surface area contributed by atoms with Crippen LogP contribution in [0.5, 0.6) is 0 Å². The maximum Gasteiger partial charge on any atom is 1.00 e. The van der Waals surface area contributed by atoms with Crippen LogP contribution < -0.4 is 59.1 Å². The van der Waals surface area contributed by atoms with Crippen LogP contribution in [0.25, 0.3) is 0 Å². The molecule has 0 saturated carbocycles. The first kappa shape index (κ1) is 85.7. The Morgan fingerprint density at radius 1 is 0.615 bits per heavy atom. The SMILES string of the molecule is O.O.O.O.O.O.O=S(=O)([O-])[O-].[Na+].[Na+]. The molecule has 12 N–H and O–H groups in total. The fourth-order valence-electron chi connectivity index (χ4n) is 0. The molecule has 0 atom stereocenters. The number of hydrogen-bond donors (Lipinski definition) is 0. The Balaban J connectivity index is -0.00000000286. The van der Waals surface area contributed by atoms with Gasteiger partial charge in [-0.1, -0.05) is 0 Å². The van der Waals surface area contributed by atoms with Crippen LogP contribution in [0.4, 0.5) is 0 Å². The molecule has 0 saturated heterocycles. The monoisotopic (exact) mass is 250 g/mol. The summed E-state index contributed by atoms with van der Waals surface area (Å²) in [6.07, 6.45) is 0. The molecule has 0 aliphatic heterocycles. The molecule has 0 amide bonds. The maximum absolute atomic E-state index is 8.52. The smallest absolute Gasteiger partial charge is 0.759 e. The summed E-state index contributed by atoms with van der Waals surface area (Å²) in [5.41, 5.74) is 0. The number of hydrogen-bond acceptors (Lipinski definition) is 4. The van der Waals surface area contributed by atoms with Gasteiger partial charge in [-0.3, -0.25) is 8.42 Å². The molecule has 13 heavy (non-hydrogen) atoms. The molecule has 80 valence electrons. The normalized spacial score (nSPS) is 4.46. The van der Waals surface area contributed by atoms with Crippen molar-refractivity contribution in [3.05, 3.63) is 0 Å². The van der Waals surface area contributed by atoms with Crippen molar-refractivity contribution in [2.75, 3.05) is 0 Å². The fraction of sp³-hybridized carbons (Fsp3) is 0. The van der Waals surface area contributed by atoms with Crippen LogP contribution in [0.2, 0.25) is 0 Å². The van der Waals surface area contributed by atoms with Crippen LogP contribution in [0.1, 0.15) is 0 Å². The van der Waals surface area contributed by atoms with E-state index in [4.69, 9.17) is 17.5 Å². The van der Waals surface area contributed by atoms with Gasteiger partial charge in [-0.2, -0.15) is 0 Å². The number of rotatable bonds is 0. The van der Waals surface area contributed by atoms with Crippen molar-refractivity contribution >= 4 is 10.4 Å². The third kappa shape index (κ3) is 694. The van der Waals surface area contributed by atoms with Gasteiger partial charge in [-0.25, -0.2) is 0 Å². The van der Waals surface area contributed by atoms with Gasteiger partial charge in [0.05, 0.1) is 0 Å². The van der Waals surface area contributed by atoms with E-state index in [1.165, 1.54) is 0 Å². The first-order valence-corrected chi connectivity index (χ1v) is 2.00. The van der Waals surface area contributed by atoms with Crippen molar-refractivity contribution in [1.29, 1.82) is 0 Å². The molecule has 0 fully saturated rings. The van der Waals surface area contributed by atoms with Crippen LogP contribution in [-0.2, 0) is 10.4 Å². The van der Waals surface area contributed by atoms with Crippen molar-refractivity contribution in [1.82, 2.24) is 0 Å². The predicted octanol–water partition coefficient (Wildman–Crippen LogP) is -12.3. The molecule has 0 radical (unpaired) electrons. The minimum atomic E-state index is -5.17. The van der Waals surface area contributed by atoms with Gasteiger partial charge >= 0.3 is 59.1 Å². The predicted molar refractivity (Wildman–Crippen MR) is 32.2 cm³/mol. The van der Waals surface area contributed by atoms with Crippen molar-refractivity contribution in [2.45, 2.75) is 0 Å². The third-order valence-corrected chi connectivity index (χ3v) is 0. The van der Waals surface area contributed by atoms with Gasteiger partial charge in [-0.05, 0) is 0 Å². The third-order valence-electron chi connectivity index (χ3n) is 0. The summed E-state index contributed by atoms with van der Waals surface area (Å²) in [5.74, 6) is 0. The van der Waals surface area contributed by atoms with E-state index in [2.05, 4.69) is 0 Å². The first-order valence-electron chi connectivity index (χ1n) is 0.667. The van der Waals surface area contributed by atoms with E-state index in [0.717, 1.165) is 0 Å². The van der Waals surface area contributed by atoms with Gasteiger partial charge in [-0.15, -0.1) is 0 Å². The van der Waals surface area contributed by atoms with Crippen molar-refractivity contribution in [3.8, 4) is 0 Å². The second-order valence-electron chi connectivity index (χ2n) is 0.408. The first-order chi connectivity index (χ1) is 2.00. The van der Waals surface area contributed by atoms with Crippen LogP contribution in [0.15, 0.2) is 0 Å². The van der Waals surface area contributed by atoms with Crippen molar-refractivity contribution < 1.29 is 109 Å². The minimum Gasteiger partial charge on any atom is -0.759 e. The summed E-state index contributed by atoms with van der Waals surface area (Å²) in [7, 11) is -5.17. The van der Waals surface area contributed by atoms with Gasteiger partial charge in [0, 0.05) is 10.4 Å². The van der Waals surface area contributed by atoms with Crippen LogP contribution in [0, 0.1) is 0 Å². The molecule has 0 heterocycles. The molecule has 0 bridgehead atoms. The summed E-state index contributed by atoms with van der Waals surface area (Å²) in [4.78, 5) is 0. The molecule has 0 rings (SSSR count). The van der Waals surface area contributed by atoms with Crippen LogP contribution >= 0.6 is 0 Å². The Morgan fingerprint density at radius 3 is 0.615 bits per heavy atom. The Labute approximate surface area is 119 Å². The standard InChI is InChI=1S/2Na.H2O4S.6H2O/c;;1-5(2,3)4;;;;;;/h;;(H2,1,2,3,4);6*1H2/q2*+1;;;;;;;/p-2. The van der Waals surface area contributed by atoms with Gasteiger partial charge < -0.3 is 42.0 Å². The molecule has 0 aromatic rings. The second kappa shape index (κ2) is 37.3. The van der Waals surface area contributed by atoms with Gasteiger partial charge in [0.25, 0.3) is 0 Å². The molecule has 13 heteroatoms. The van der Waals surface area contributed by atoms with E-state index < -0.39 is 10.4 Å². The molecule has 0 aliphatic carbocycles. The van der Waals surface area contributed by atoms with Gasteiger partial charge in [0.15, 0.2) is 0 Å². The zero-order valence-corrected chi connectivity index (χ0v) is 11.9. The van der Waals surface area contributed by atoms with Crippen molar-refractivity contribution in [3.63, 3.8) is 0 Å². The van der Waals surface area contributed by atoms with Crippen LogP contribution in [-0.4, -0.2) is 50.4 Å². The Hall–Kier alpha value is 1.63. The largest absolute Gasteiger partial charge is 1.00 e. The Morgan fingerprint density at radius 2 is 0.615 bits per heavy atom. The van der Waals surface area contributed by atoms with E-state index in [0.29, 0.717) is 0 Å². The average molecular weight is 250 g/mol.